The van der Waals surface area contributed by atoms with Gasteiger partial charge in [-0.05, 0) is 55.7 Å². The molecule has 2 aromatic carbocycles. The lowest BCUT2D eigenvalue weighted by Gasteiger charge is -2.17. The summed E-state index contributed by atoms with van der Waals surface area (Å²) in [7, 11) is 1.64. The van der Waals surface area contributed by atoms with Crippen molar-refractivity contribution in [2.75, 3.05) is 7.11 Å². The highest BCUT2D eigenvalue weighted by Gasteiger charge is 2.38. The number of halogens is 4. The van der Waals surface area contributed by atoms with Crippen LogP contribution in [0.5, 0.6) is 5.75 Å². The molecule has 0 radical (unpaired) electrons. The van der Waals surface area contributed by atoms with E-state index in [0.29, 0.717) is 18.6 Å². The number of imidazole rings is 1. The van der Waals surface area contributed by atoms with Crippen LogP contribution >= 0.6 is 15.9 Å². The van der Waals surface area contributed by atoms with Crippen molar-refractivity contribution in [2.24, 2.45) is 0 Å². The normalized spacial score (nSPS) is 11.9. The fraction of sp³-hybridized carbons (Fsp3) is 0.375. The van der Waals surface area contributed by atoms with Crippen LogP contribution in [0.3, 0.4) is 0 Å². The average molecular weight is 694 g/mol. The van der Waals surface area contributed by atoms with E-state index in [0.717, 1.165) is 75.1 Å². The number of carbonyl (C=O) groups is 3. The molecule has 2 heterocycles. The highest BCUT2D eigenvalue weighted by Crippen LogP contribution is 2.28. The van der Waals surface area contributed by atoms with Crippen molar-refractivity contribution in [2.45, 2.75) is 71.0 Å². The van der Waals surface area contributed by atoms with Crippen LogP contribution < -0.4 is 10.1 Å². The number of fused-ring (bicyclic) bond motifs is 1. The number of aromatic nitrogens is 3. The van der Waals surface area contributed by atoms with Crippen LogP contribution in [0.2, 0.25) is 0 Å². The van der Waals surface area contributed by atoms with Gasteiger partial charge in [0.25, 0.3) is 0 Å². The van der Waals surface area contributed by atoms with E-state index >= 15 is 0 Å². The molecule has 2 aromatic heterocycles. The van der Waals surface area contributed by atoms with Gasteiger partial charge in [-0.1, -0.05) is 47.8 Å². The third-order valence-corrected chi connectivity index (χ3v) is 7.64. The molecule has 0 bridgehead atoms. The Balaban J connectivity index is 0.000000707. The Morgan fingerprint density at radius 3 is 2.47 bits per heavy atom. The van der Waals surface area contributed by atoms with Gasteiger partial charge in [0.15, 0.2) is 0 Å². The molecule has 0 aliphatic carbocycles. The number of ether oxygens (including phenoxy) is 1. The number of carboxylic acid groups (broad SMARTS) is 1. The maximum atomic E-state index is 13.3. The zero-order valence-electron chi connectivity index (χ0n) is 25.2. The smallest absolute Gasteiger partial charge is 0.490 e. The van der Waals surface area contributed by atoms with Gasteiger partial charge in [-0.3, -0.25) is 9.59 Å². The number of rotatable bonds is 13. The molecule has 45 heavy (non-hydrogen) atoms. The molecule has 0 saturated carbocycles. The number of H-pyrrole nitrogens is 2. The van der Waals surface area contributed by atoms with E-state index in [1.807, 2.05) is 62.5 Å². The van der Waals surface area contributed by atoms with Gasteiger partial charge in [0.2, 0.25) is 5.91 Å². The molecule has 1 amide bonds. The summed E-state index contributed by atoms with van der Waals surface area (Å²) in [4.78, 5) is 45.3. The van der Waals surface area contributed by atoms with Gasteiger partial charge in [-0.2, -0.15) is 13.2 Å². The van der Waals surface area contributed by atoms with Crippen molar-refractivity contribution in [3.63, 3.8) is 0 Å². The third-order valence-electron chi connectivity index (χ3n) is 7.15. The molecule has 13 heteroatoms. The minimum Gasteiger partial charge on any atom is -0.497 e. The summed E-state index contributed by atoms with van der Waals surface area (Å²) < 4.78 is 38.1. The van der Waals surface area contributed by atoms with E-state index in [9.17, 15) is 22.8 Å². The number of benzene rings is 2. The van der Waals surface area contributed by atoms with Crippen LogP contribution in [0.25, 0.3) is 22.2 Å². The van der Waals surface area contributed by atoms with E-state index in [1.54, 1.807) is 7.11 Å². The zero-order chi connectivity index (χ0) is 33.1. The lowest BCUT2D eigenvalue weighted by Crippen LogP contribution is -2.30. The zero-order valence-corrected chi connectivity index (χ0v) is 26.8. The number of ketones is 1. The van der Waals surface area contributed by atoms with Crippen molar-refractivity contribution in [1.29, 1.82) is 0 Å². The largest absolute Gasteiger partial charge is 0.497 e. The number of aliphatic carboxylic acids is 1. The first-order valence-electron chi connectivity index (χ1n) is 14.4. The average Bonchev–Trinajstić information content (AvgIpc) is 3.60. The lowest BCUT2D eigenvalue weighted by molar-refractivity contribution is -0.192. The number of carbonyl (C=O) groups excluding carboxylic acids is 2. The molecule has 1 atom stereocenters. The first kappa shape index (κ1) is 35.4. The number of hydrogen-bond acceptors (Lipinski definition) is 5. The summed E-state index contributed by atoms with van der Waals surface area (Å²) in [6.45, 7) is 3.89. The number of aromatic amines is 2. The van der Waals surface area contributed by atoms with Crippen molar-refractivity contribution in [1.82, 2.24) is 20.3 Å². The summed E-state index contributed by atoms with van der Waals surface area (Å²) in [5.41, 5.74) is 4.82. The SMILES string of the molecule is CCC(=O)CCCCC[C@H](NC(=O)Cc1c(C)[nH]c2ccc(OC)cc12)c1ncc(-c2cccc(Br)c2)[nH]1.O=C(O)C(F)(F)F. The number of alkyl halides is 3. The van der Waals surface area contributed by atoms with Crippen molar-refractivity contribution in [3.8, 4) is 17.0 Å². The van der Waals surface area contributed by atoms with E-state index in [-0.39, 0.29) is 18.4 Å². The highest BCUT2D eigenvalue weighted by molar-refractivity contribution is 9.10. The lowest BCUT2D eigenvalue weighted by atomic mass is 10.0. The van der Waals surface area contributed by atoms with Crippen molar-refractivity contribution >= 4 is 44.5 Å². The molecule has 0 unspecified atom stereocenters. The van der Waals surface area contributed by atoms with Crippen LogP contribution in [0.4, 0.5) is 13.2 Å². The van der Waals surface area contributed by atoms with Crippen molar-refractivity contribution < 1.29 is 37.4 Å². The Morgan fingerprint density at radius 1 is 1.09 bits per heavy atom. The molecular formula is C32H36BrF3N4O5. The fourth-order valence-electron chi connectivity index (χ4n) is 4.74. The van der Waals surface area contributed by atoms with E-state index in [4.69, 9.17) is 14.6 Å². The minimum absolute atomic E-state index is 0.0663. The Hall–Kier alpha value is -4.13. The number of carboxylic acids is 1. The molecule has 4 rings (SSSR count). The molecule has 242 valence electrons. The first-order valence-corrected chi connectivity index (χ1v) is 15.2. The number of aryl methyl sites for hydroxylation is 1. The summed E-state index contributed by atoms with van der Waals surface area (Å²) in [6.07, 6.45) is 1.60. The Kier molecular flexibility index (Phi) is 12.8. The molecule has 9 nitrogen and oxygen atoms in total. The number of amides is 1. The number of nitrogens with zero attached hydrogens (tertiary/aromatic N) is 1. The second-order valence-corrected chi connectivity index (χ2v) is 11.3. The predicted octanol–water partition coefficient (Wildman–Crippen LogP) is 7.60. The van der Waals surface area contributed by atoms with Crippen LogP contribution in [-0.4, -0.2) is 51.0 Å². The van der Waals surface area contributed by atoms with E-state index < -0.39 is 12.1 Å². The molecule has 0 fully saturated rings. The third kappa shape index (κ3) is 10.5. The molecule has 0 spiro atoms. The van der Waals surface area contributed by atoms with Gasteiger partial charge in [0.05, 0.1) is 31.5 Å². The number of nitrogens with one attached hydrogen (secondary N) is 3. The molecule has 4 aromatic rings. The van der Waals surface area contributed by atoms with Gasteiger partial charge in [-0.15, -0.1) is 0 Å². The van der Waals surface area contributed by atoms with Gasteiger partial charge in [0, 0.05) is 39.5 Å². The maximum absolute atomic E-state index is 13.3. The Labute approximate surface area is 267 Å². The Morgan fingerprint density at radius 2 is 1.82 bits per heavy atom. The summed E-state index contributed by atoms with van der Waals surface area (Å²) in [5.74, 6) is -1.04. The van der Waals surface area contributed by atoms with Gasteiger partial charge >= 0.3 is 12.1 Å². The number of hydrogen-bond donors (Lipinski definition) is 4. The Bertz CT molecular complexity index is 1620. The van der Waals surface area contributed by atoms with Crippen molar-refractivity contribution in [3.05, 3.63) is 70.2 Å². The standard InChI is InChI=1S/C30H35BrN4O3.C2HF3O2/c1-4-22(36)11-6-5-7-12-27(30-32-18-28(35-30)20-9-8-10-21(31)15-20)34-29(37)17-24-19(2)33-26-14-13-23(38-3)16-25(24)26;3-2(4,5)1(6)7/h8-10,13-16,18,27,33H,4-7,11-12,17H2,1-3H3,(H,32,35)(H,34,37);(H,6,7)/t27-;/m0./s1. The quantitative estimate of drug-likeness (QED) is 0.107. The number of unbranched alkanes of at least 4 members (excludes halogenated alkanes) is 2. The summed E-state index contributed by atoms with van der Waals surface area (Å²) in [5, 5.41) is 11.3. The molecule has 0 aliphatic heterocycles. The highest BCUT2D eigenvalue weighted by atomic mass is 79.9. The minimum atomic E-state index is -5.08. The predicted molar refractivity (Wildman–Crippen MR) is 168 cm³/mol. The van der Waals surface area contributed by atoms with Crippen LogP contribution in [0.15, 0.2) is 53.1 Å². The maximum Gasteiger partial charge on any atom is 0.490 e. The number of Topliss-reactive ketones (excluding diaryl/α,β-unsaturated/α-hetero) is 1. The molecule has 0 aliphatic rings. The summed E-state index contributed by atoms with van der Waals surface area (Å²) >= 11 is 3.53. The molecular weight excluding hydrogens is 657 g/mol. The van der Waals surface area contributed by atoms with Crippen LogP contribution in [0.1, 0.15) is 68.6 Å². The topological polar surface area (TPSA) is 137 Å². The molecule has 0 saturated heterocycles. The molecule has 4 N–H and O–H groups in total. The first-order chi connectivity index (χ1) is 21.3. The summed E-state index contributed by atoms with van der Waals surface area (Å²) in [6, 6.07) is 13.6. The van der Waals surface area contributed by atoms with E-state index in [2.05, 4.69) is 36.2 Å². The second-order valence-electron chi connectivity index (χ2n) is 10.4. The van der Waals surface area contributed by atoms with E-state index in [1.165, 1.54) is 0 Å². The van der Waals surface area contributed by atoms with Gasteiger partial charge in [-0.25, -0.2) is 9.78 Å². The number of methoxy groups -OCH3 is 1. The fourth-order valence-corrected chi connectivity index (χ4v) is 5.14. The van der Waals surface area contributed by atoms with Gasteiger partial charge < -0.3 is 25.1 Å². The van der Waals surface area contributed by atoms with Crippen LogP contribution in [-0.2, 0) is 20.8 Å². The monoisotopic (exact) mass is 692 g/mol. The van der Waals surface area contributed by atoms with Gasteiger partial charge in [0.1, 0.15) is 17.4 Å². The van der Waals surface area contributed by atoms with Crippen LogP contribution in [0, 0.1) is 6.92 Å². The second kappa shape index (κ2) is 16.3.